The van der Waals surface area contributed by atoms with Crippen molar-refractivity contribution in [2.24, 2.45) is 0 Å². The van der Waals surface area contributed by atoms with Gasteiger partial charge in [0.1, 0.15) is 5.25 Å². The van der Waals surface area contributed by atoms with Crippen LogP contribution in [0.4, 0.5) is 0 Å². The Kier molecular flexibility index (Phi) is 5.00. The van der Waals surface area contributed by atoms with Crippen molar-refractivity contribution in [1.82, 2.24) is 4.90 Å². The molecule has 2 nitrogen and oxygen atoms in total. The number of hydrogen-bond donors (Lipinski definition) is 0. The Labute approximate surface area is 103 Å². The number of hydrogen-bond acceptors (Lipinski definition) is 3. The van der Waals surface area contributed by atoms with Crippen molar-refractivity contribution in [3.63, 3.8) is 0 Å². The summed E-state index contributed by atoms with van der Waals surface area (Å²) in [6.45, 7) is 9.01. The molecule has 0 N–H and O–H groups in total. The number of nitrogens with zero attached hydrogens (tertiary/aromatic N) is 2. The molecule has 0 saturated heterocycles. The van der Waals surface area contributed by atoms with Crippen LogP contribution >= 0.6 is 27.7 Å². The molecule has 0 aromatic carbocycles. The Bertz CT molecular complexity index is 309. The molecule has 0 amide bonds. The minimum atomic E-state index is -0.0304. The molecular formula is C11H13BrN2S. The summed E-state index contributed by atoms with van der Waals surface area (Å²) < 4.78 is 0. The van der Waals surface area contributed by atoms with Gasteiger partial charge in [0.05, 0.1) is 15.9 Å². The lowest BCUT2D eigenvalue weighted by molar-refractivity contribution is 0.452. The molecule has 1 heterocycles. The third-order valence-corrected chi connectivity index (χ3v) is 4.41. The van der Waals surface area contributed by atoms with Gasteiger partial charge in [-0.25, -0.2) is 0 Å². The standard InChI is InChI=1S/C11H13BrN2S/c1-3-5-14(6-4-2)11-7-9(12)10(8-13)15-11/h3-4,7,9-10H,1-2,5-6H2. The van der Waals surface area contributed by atoms with E-state index in [1.807, 2.05) is 12.2 Å². The molecule has 4 heteroatoms. The van der Waals surface area contributed by atoms with E-state index < -0.39 is 0 Å². The minimum absolute atomic E-state index is 0.0304. The highest BCUT2D eigenvalue weighted by Crippen LogP contribution is 2.37. The topological polar surface area (TPSA) is 27.0 Å². The maximum absolute atomic E-state index is 8.90. The lowest BCUT2D eigenvalue weighted by Crippen LogP contribution is -2.21. The van der Waals surface area contributed by atoms with Crippen LogP contribution in [0.5, 0.6) is 0 Å². The van der Waals surface area contributed by atoms with Gasteiger partial charge in [-0.3, -0.25) is 0 Å². The highest BCUT2D eigenvalue weighted by Gasteiger charge is 2.28. The van der Waals surface area contributed by atoms with Gasteiger partial charge < -0.3 is 4.90 Å². The van der Waals surface area contributed by atoms with Crippen LogP contribution < -0.4 is 0 Å². The first kappa shape index (κ1) is 12.4. The summed E-state index contributed by atoms with van der Waals surface area (Å²) in [7, 11) is 0. The van der Waals surface area contributed by atoms with E-state index in [2.05, 4.69) is 46.1 Å². The van der Waals surface area contributed by atoms with Crippen LogP contribution in [0.25, 0.3) is 0 Å². The van der Waals surface area contributed by atoms with Gasteiger partial charge in [-0.2, -0.15) is 5.26 Å². The van der Waals surface area contributed by atoms with Gasteiger partial charge in [-0.1, -0.05) is 39.8 Å². The van der Waals surface area contributed by atoms with Crippen LogP contribution in [0.2, 0.25) is 0 Å². The zero-order chi connectivity index (χ0) is 11.3. The molecular weight excluding hydrogens is 272 g/mol. The van der Waals surface area contributed by atoms with Gasteiger partial charge in [-0.15, -0.1) is 13.2 Å². The van der Waals surface area contributed by atoms with Crippen molar-refractivity contribution in [2.45, 2.75) is 10.1 Å². The molecule has 1 aliphatic heterocycles. The Morgan fingerprint density at radius 3 is 2.53 bits per heavy atom. The number of thioether (sulfide) groups is 1. The van der Waals surface area contributed by atoms with E-state index >= 15 is 0 Å². The van der Waals surface area contributed by atoms with Crippen LogP contribution in [-0.2, 0) is 0 Å². The highest BCUT2D eigenvalue weighted by atomic mass is 79.9. The second-order valence-corrected chi connectivity index (χ2v) is 5.32. The van der Waals surface area contributed by atoms with Crippen LogP contribution in [0.1, 0.15) is 0 Å². The SMILES string of the molecule is C=CCN(CC=C)C1=CC(Br)C(C#N)S1. The largest absolute Gasteiger partial charge is 0.359 e. The first-order chi connectivity index (χ1) is 7.22. The summed E-state index contributed by atoms with van der Waals surface area (Å²) in [5.41, 5.74) is 0. The molecule has 0 saturated carbocycles. The van der Waals surface area contributed by atoms with E-state index in [1.54, 1.807) is 11.8 Å². The molecule has 0 bridgehead atoms. The number of halogens is 1. The normalized spacial score (nSPS) is 24.1. The first-order valence-electron chi connectivity index (χ1n) is 4.61. The maximum Gasteiger partial charge on any atom is 0.114 e. The molecule has 0 spiro atoms. The van der Waals surface area contributed by atoms with E-state index in [9.17, 15) is 0 Å². The van der Waals surface area contributed by atoms with E-state index in [-0.39, 0.29) is 10.1 Å². The fourth-order valence-corrected chi connectivity index (χ4v) is 3.21. The third kappa shape index (κ3) is 3.15. The van der Waals surface area contributed by atoms with Gasteiger partial charge in [0.15, 0.2) is 0 Å². The maximum atomic E-state index is 8.90. The van der Waals surface area contributed by atoms with Crippen molar-refractivity contribution in [3.05, 3.63) is 36.4 Å². The zero-order valence-electron chi connectivity index (χ0n) is 8.40. The fourth-order valence-electron chi connectivity index (χ4n) is 1.30. The van der Waals surface area contributed by atoms with E-state index in [4.69, 9.17) is 5.26 Å². The van der Waals surface area contributed by atoms with Crippen LogP contribution in [0, 0.1) is 11.3 Å². The molecule has 1 aliphatic rings. The van der Waals surface area contributed by atoms with Gasteiger partial charge in [0.2, 0.25) is 0 Å². The molecule has 0 aromatic heterocycles. The van der Waals surface area contributed by atoms with Crippen LogP contribution in [0.15, 0.2) is 36.4 Å². The molecule has 0 aromatic rings. The van der Waals surface area contributed by atoms with Gasteiger partial charge in [0, 0.05) is 13.1 Å². The summed E-state index contributed by atoms with van der Waals surface area (Å²) in [4.78, 5) is 2.29. The molecule has 2 atom stereocenters. The number of alkyl halides is 1. The van der Waals surface area contributed by atoms with Gasteiger partial charge in [-0.05, 0) is 6.08 Å². The summed E-state index contributed by atoms with van der Waals surface area (Å²) in [6, 6.07) is 2.27. The van der Waals surface area contributed by atoms with Gasteiger partial charge in [0.25, 0.3) is 0 Å². The summed E-state index contributed by atoms with van der Waals surface area (Å²) >= 11 is 5.07. The van der Waals surface area contributed by atoms with Crippen LogP contribution in [0.3, 0.4) is 0 Å². The number of rotatable bonds is 5. The van der Waals surface area contributed by atoms with E-state index in [1.165, 1.54) is 0 Å². The highest BCUT2D eigenvalue weighted by molar-refractivity contribution is 9.09. The summed E-state index contributed by atoms with van der Waals surface area (Å²) in [6.07, 6.45) is 5.78. The first-order valence-corrected chi connectivity index (χ1v) is 6.41. The smallest absolute Gasteiger partial charge is 0.114 e. The molecule has 1 rings (SSSR count). The Balaban J connectivity index is 2.70. The molecule has 80 valence electrons. The minimum Gasteiger partial charge on any atom is -0.359 e. The lowest BCUT2D eigenvalue weighted by atomic mass is 10.3. The molecule has 0 aliphatic carbocycles. The van der Waals surface area contributed by atoms with Crippen LogP contribution in [-0.4, -0.2) is 28.1 Å². The lowest BCUT2D eigenvalue weighted by Gasteiger charge is -2.22. The molecule has 15 heavy (non-hydrogen) atoms. The summed E-state index contributed by atoms with van der Waals surface area (Å²) in [5.74, 6) is 0. The predicted octanol–water partition coefficient (Wildman–Crippen LogP) is 2.90. The Morgan fingerprint density at radius 1 is 1.53 bits per heavy atom. The molecule has 0 radical (unpaired) electrons. The summed E-state index contributed by atoms with van der Waals surface area (Å²) in [5, 5.41) is 10.0. The monoisotopic (exact) mass is 284 g/mol. The van der Waals surface area contributed by atoms with Crippen molar-refractivity contribution >= 4 is 27.7 Å². The van der Waals surface area contributed by atoms with Crippen molar-refractivity contribution in [1.29, 1.82) is 5.26 Å². The predicted molar refractivity (Wildman–Crippen MR) is 69.8 cm³/mol. The Morgan fingerprint density at radius 2 is 2.13 bits per heavy atom. The Hall–Kier alpha value is -0.660. The number of nitriles is 1. The van der Waals surface area contributed by atoms with Crippen molar-refractivity contribution < 1.29 is 0 Å². The van der Waals surface area contributed by atoms with E-state index in [0.717, 1.165) is 18.1 Å². The van der Waals surface area contributed by atoms with Gasteiger partial charge >= 0.3 is 0 Å². The fraction of sp³-hybridized carbons (Fsp3) is 0.364. The number of allylic oxidation sites excluding steroid dienone is 1. The molecule has 0 fully saturated rings. The van der Waals surface area contributed by atoms with Crippen molar-refractivity contribution in [2.75, 3.05) is 13.1 Å². The second kappa shape index (κ2) is 6.04. The quantitative estimate of drug-likeness (QED) is 0.574. The van der Waals surface area contributed by atoms with E-state index in [0.29, 0.717) is 0 Å². The average Bonchev–Trinajstić information content (AvgIpc) is 2.59. The van der Waals surface area contributed by atoms with Crippen molar-refractivity contribution in [3.8, 4) is 6.07 Å². The molecule has 2 unspecified atom stereocenters. The third-order valence-electron chi connectivity index (χ3n) is 1.98. The average molecular weight is 285 g/mol. The second-order valence-electron chi connectivity index (χ2n) is 3.10. The zero-order valence-corrected chi connectivity index (χ0v) is 10.8.